The molecule has 13 heteroatoms. The van der Waals surface area contributed by atoms with Gasteiger partial charge in [0.25, 0.3) is 0 Å². The van der Waals surface area contributed by atoms with Gasteiger partial charge in [-0.2, -0.15) is 26.3 Å². The van der Waals surface area contributed by atoms with Crippen LogP contribution in [-0.2, 0) is 44.3 Å². The molecule has 2 aliphatic heterocycles. The van der Waals surface area contributed by atoms with Crippen molar-refractivity contribution in [3.8, 4) is 0 Å². The molecular formula is C29H31F6N3O4. The van der Waals surface area contributed by atoms with Crippen LogP contribution in [-0.4, -0.2) is 83.9 Å². The monoisotopic (exact) mass is 599 g/mol. The molecular weight excluding hydrogens is 568 g/mol. The highest BCUT2D eigenvalue weighted by molar-refractivity contribution is 5.80. The van der Waals surface area contributed by atoms with E-state index in [0.29, 0.717) is 50.3 Å². The smallest absolute Gasteiger partial charge is 0.416 e. The van der Waals surface area contributed by atoms with Crippen LogP contribution in [0.1, 0.15) is 35.6 Å². The molecule has 2 aromatic rings. The van der Waals surface area contributed by atoms with Crippen LogP contribution < -0.4 is 0 Å². The number of likely N-dealkylation sites (tertiary alicyclic amines) is 1. The van der Waals surface area contributed by atoms with E-state index < -0.39 is 35.6 Å². The van der Waals surface area contributed by atoms with E-state index in [9.17, 15) is 40.7 Å². The summed E-state index contributed by atoms with van der Waals surface area (Å²) in [5.74, 6) is -0.955. The zero-order valence-corrected chi connectivity index (χ0v) is 22.9. The largest absolute Gasteiger partial charge is 0.461 e. The lowest BCUT2D eigenvalue weighted by molar-refractivity contribution is -0.147. The second-order valence-electron chi connectivity index (χ2n) is 10.6. The maximum atomic E-state index is 13.2. The van der Waals surface area contributed by atoms with Gasteiger partial charge in [0.05, 0.1) is 30.0 Å². The van der Waals surface area contributed by atoms with E-state index in [-0.39, 0.29) is 37.2 Å². The summed E-state index contributed by atoms with van der Waals surface area (Å²) in [6, 6.07) is 8.39. The summed E-state index contributed by atoms with van der Waals surface area (Å²) in [5, 5.41) is 0. The van der Waals surface area contributed by atoms with Crippen LogP contribution in [0.2, 0.25) is 0 Å². The average molecular weight is 600 g/mol. The van der Waals surface area contributed by atoms with Crippen molar-refractivity contribution >= 4 is 17.8 Å². The van der Waals surface area contributed by atoms with E-state index in [0.717, 1.165) is 24.3 Å². The summed E-state index contributed by atoms with van der Waals surface area (Å²) in [4.78, 5) is 43.0. The SMILES string of the molecule is CC(=O)N1CCN(C(=O)Cc2ccc(C(F)(F)F)cc2)C(CN2CCC(OC(=O)Cc3ccc(C(F)(F)F)cc3)C2)C1. The lowest BCUT2D eigenvalue weighted by atomic mass is 10.1. The van der Waals surface area contributed by atoms with Gasteiger partial charge in [-0.1, -0.05) is 24.3 Å². The molecule has 228 valence electrons. The number of amides is 2. The van der Waals surface area contributed by atoms with Crippen LogP contribution in [0, 0.1) is 0 Å². The molecule has 2 aromatic carbocycles. The van der Waals surface area contributed by atoms with E-state index in [4.69, 9.17) is 4.74 Å². The van der Waals surface area contributed by atoms with Crippen molar-refractivity contribution in [3.05, 3.63) is 70.8 Å². The lowest BCUT2D eigenvalue weighted by Gasteiger charge is -2.42. The minimum absolute atomic E-state index is 0.0844. The van der Waals surface area contributed by atoms with Gasteiger partial charge >= 0.3 is 18.3 Å². The van der Waals surface area contributed by atoms with Gasteiger partial charge < -0.3 is 14.5 Å². The Balaban J connectivity index is 1.33. The van der Waals surface area contributed by atoms with Crippen LogP contribution in [0.5, 0.6) is 0 Å². The number of esters is 1. The second-order valence-corrected chi connectivity index (χ2v) is 10.6. The van der Waals surface area contributed by atoms with Gasteiger partial charge in [0.1, 0.15) is 6.10 Å². The number of hydrogen-bond donors (Lipinski definition) is 0. The van der Waals surface area contributed by atoms with Gasteiger partial charge in [0, 0.05) is 46.2 Å². The summed E-state index contributed by atoms with van der Waals surface area (Å²) in [7, 11) is 0. The maximum Gasteiger partial charge on any atom is 0.416 e. The first-order valence-corrected chi connectivity index (χ1v) is 13.5. The third-order valence-electron chi connectivity index (χ3n) is 7.51. The third-order valence-corrected chi connectivity index (χ3v) is 7.51. The van der Waals surface area contributed by atoms with E-state index in [1.807, 2.05) is 4.90 Å². The van der Waals surface area contributed by atoms with Gasteiger partial charge in [-0.05, 0) is 41.8 Å². The number of carbonyl (C=O) groups excluding carboxylic acids is 3. The number of nitrogens with zero attached hydrogens (tertiary/aromatic N) is 3. The highest BCUT2D eigenvalue weighted by Gasteiger charge is 2.36. The molecule has 2 amide bonds. The standard InChI is InChI=1S/C29H31F6N3O4/c1-19(39)37-12-13-38(26(40)14-20-2-6-22(7-3-20)28(30,31)32)24(17-37)16-36-11-10-25(18-36)42-27(41)15-21-4-8-23(9-5-21)29(33,34)35/h2-9,24-25H,10-18H2,1H3. The molecule has 2 atom stereocenters. The Morgan fingerprint density at radius 3 is 1.86 bits per heavy atom. The van der Waals surface area contributed by atoms with Crippen molar-refractivity contribution in [2.45, 2.75) is 50.7 Å². The van der Waals surface area contributed by atoms with Gasteiger partial charge in [0.2, 0.25) is 11.8 Å². The first-order chi connectivity index (χ1) is 19.7. The van der Waals surface area contributed by atoms with Crippen molar-refractivity contribution in [1.29, 1.82) is 0 Å². The maximum absolute atomic E-state index is 13.2. The van der Waals surface area contributed by atoms with Crippen molar-refractivity contribution in [3.63, 3.8) is 0 Å². The van der Waals surface area contributed by atoms with Crippen molar-refractivity contribution in [2.75, 3.05) is 39.3 Å². The summed E-state index contributed by atoms with van der Waals surface area (Å²) in [5.41, 5.74) is -0.752. The number of benzene rings is 2. The molecule has 0 spiro atoms. The Morgan fingerprint density at radius 1 is 0.786 bits per heavy atom. The third kappa shape index (κ3) is 8.24. The molecule has 2 unspecified atom stereocenters. The molecule has 0 radical (unpaired) electrons. The van der Waals surface area contributed by atoms with Crippen LogP contribution in [0.25, 0.3) is 0 Å². The number of hydrogen-bond acceptors (Lipinski definition) is 5. The molecule has 2 heterocycles. The molecule has 2 aliphatic rings. The van der Waals surface area contributed by atoms with Crippen molar-refractivity contribution in [2.24, 2.45) is 0 Å². The van der Waals surface area contributed by atoms with E-state index in [1.54, 1.807) is 9.80 Å². The summed E-state index contributed by atoms with van der Waals surface area (Å²) < 4.78 is 82.5. The minimum Gasteiger partial charge on any atom is -0.461 e. The van der Waals surface area contributed by atoms with Crippen LogP contribution in [0.15, 0.2) is 48.5 Å². The lowest BCUT2D eigenvalue weighted by Crippen LogP contribution is -2.59. The van der Waals surface area contributed by atoms with Gasteiger partial charge in [-0.3, -0.25) is 19.3 Å². The van der Waals surface area contributed by atoms with Crippen LogP contribution in [0.3, 0.4) is 0 Å². The Hall–Kier alpha value is -3.61. The molecule has 7 nitrogen and oxygen atoms in total. The summed E-state index contributed by atoms with van der Waals surface area (Å²) >= 11 is 0. The summed E-state index contributed by atoms with van der Waals surface area (Å²) in [6.07, 6.45) is -9.09. The second kappa shape index (κ2) is 12.7. The number of rotatable bonds is 7. The first-order valence-electron chi connectivity index (χ1n) is 13.5. The molecule has 0 aromatic heterocycles. The molecule has 0 saturated carbocycles. The number of ether oxygens (including phenoxy) is 1. The first kappa shape index (κ1) is 31.3. The number of carbonyl (C=O) groups is 3. The minimum atomic E-state index is -4.47. The normalized spacial score (nSPS) is 20.1. The van der Waals surface area contributed by atoms with Crippen LogP contribution >= 0.6 is 0 Å². The Bertz CT molecular complexity index is 1260. The summed E-state index contributed by atoms with van der Waals surface area (Å²) in [6.45, 7) is 3.71. The van der Waals surface area contributed by atoms with E-state index in [2.05, 4.69) is 0 Å². The molecule has 0 N–H and O–H groups in total. The van der Waals surface area contributed by atoms with Crippen molar-refractivity contribution < 1.29 is 45.5 Å². The Labute approximate surface area is 239 Å². The fourth-order valence-corrected chi connectivity index (χ4v) is 5.28. The number of alkyl halides is 6. The molecule has 2 saturated heterocycles. The predicted octanol–water partition coefficient (Wildman–Crippen LogP) is 4.19. The Morgan fingerprint density at radius 2 is 1.33 bits per heavy atom. The fraction of sp³-hybridized carbons (Fsp3) is 0.483. The highest BCUT2D eigenvalue weighted by atomic mass is 19.4. The number of halogens is 6. The van der Waals surface area contributed by atoms with E-state index in [1.165, 1.54) is 31.2 Å². The zero-order valence-electron chi connectivity index (χ0n) is 22.9. The van der Waals surface area contributed by atoms with Gasteiger partial charge in [0.15, 0.2) is 0 Å². The molecule has 4 rings (SSSR count). The van der Waals surface area contributed by atoms with Crippen LogP contribution in [0.4, 0.5) is 26.3 Å². The molecule has 42 heavy (non-hydrogen) atoms. The van der Waals surface area contributed by atoms with E-state index >= 15 is 0 Å². The topological polar surface area (TPSA) is 70.2 Å². The average Bonchev–Trinajstić information content (AvgIpc) is 3.34. The van der Waals surface area contributed by atoms with Gasteiger partial charge in [-0.15, -0.1) is 0 Å². The highest BCUT2D eigenvalue weighted by Crippen LogP contribution is 2.30. The zero-order chi connectivity index (χ0) is 30.7. The molecule has 0 bridgehead atoms. The predicted molar refractivity (Wildman–Crippen MR) is 139 cm³/mol. The fourth-order valence-electron chi connectivity index (χ4n) is 5.28. The molecule has 2 fully saturated rings. The Kier molecular flexibility index (Phi) is 9.49. The van der Waals surface area contributed by atoms with Crippen molar-refractivity contribution in [1.82, 2.24) is 14.7 Å². The molecule has 0 aliphatic carbocycles. The quantitative estimate of drug-likeness (QED) is 0.353. The van der Waals surface area contributed by atoms with Gasteiger partial charge in [-0.25, -0.2) is 0 Å². The number of piperazine rings is 1.